The molecule has 1 fully saturated rings. The van der Waals surface area contributed by atoms with Crippen molar-refractivity contribution in [3.63, 3.8) is 0 Å². The number of hydrogen-bond donors (Lipinski definition) is 1. The van der Waals surface area contributed by atoms with Crippen LogP contribution in [0.3, 0.4) is 0 Å². The highest BCUT2D eigenvalue weighted by atomic mass is 16.1. The summed E-state index contributed by atoms with van der Waals surface area (Å²) in [6.45, 7) is 5.34. The molecule has 0 bridgehead atoms. The molecule has 0 spiro atoms. The van der Waals surface area contributed by atoms with Gasteiger partial charge in [-0.15, -0.1) is 6.58 Å². The van der Waals surface area contributed by atoms with Crippen molar-refractivity contribution in [2.45, 2.75) is 45.1 Å². The molecule has 0 aromatic rings. The number of carbonyl (C=O) groups is 1. The Kier molecular flexibility index (Phi) is 4.00. The summed E-state index contributed by atoms with van der Waals surface area (Å²) < 4.78 is 0. The molecule has 2 heteroatoms. The van der Waals surface area contributed by atoms with Crippen molar-refractivity contribution in [1.82, 2.24) is 5.32 Å². The van der Waals surface area contributed by atoms with E-state index in [1.165, 1.54) is 32.1 Å². The minimum atomic E-state index is 0.0514. The molecule has 74 valence electrons. The molecule has 0 saturated heterocycles. The maximum Gasteiger partial charge on any atom is 0.217 e. The van der Waals surface area contributed by atoms with Crippen LogP contribution in [0, 0.1) is 5.92 Å². The molecular formula is C11H19NO. The third-order valence-electron chi connectivity index (χ3n) is 2.78. The van der Waals surface area contributed by atoms with Gasteiger partial charge in [0.2, 0.25) is 5.91 Å². The Hall–Kier alpha value is -0.790. The van der Waals surface area contributed by atoms with Crippen LogP contribution < -0.4 is 5.32 Å². The van der Waals surface area contributed by atoms with Gasteiger partial charge < -0.3 is 5.32 Å². The SMILES string of the molecule is C=CC(NC(C)=O)C1CCCCC1. The second-order valence-corrected chi connectivity index (χ2v) is 3.86. The van der Waals surface area contributed by atoms with Crippen molar-refractivity contribution < 1.29 is 4.79 Å². The number of amides is 1. The zero-order chi connectivity index (χ0) is 9.68. The lowest BCUT2D eigenvalue weighted by molar-refractivity contribution is -0.119. The lowest BCUT2D eigenvalue weighted by Gasteiger charge is -2.28. The van der Waals surface area contributed by atoms with Crippen molar-refractivity contribution in [1.29, 1.82) is 0 Å². The van der Waals surface area contributed by atoms with Gasteiger partial charge in [-0.05, 0) is 18.8 Å². The van der Waals surface area contributed by atoms with Gasteiger partial charge in [0.05, 0.1) is 0 Å². The summed E-state index contributed by atoms with van der Waals surface area (Å²) >= 11 is 0. The van der Waals surface area contributed by atoms with Crippen LogP contribution in [0.15, 0.2) is 12.7 Å². The van der Waals surface area contributed by atoms with Crippen LogP contribution in [0.4, 0.5) is 0 Å². The van der Waals surface area contributed by atoms with Gasteiger partial charge in [0.15, 0.2) is 0 Å². The lowest BCUT2D eigenvalue weighted by atomic mass is 9.84. The van der Waals surface area contributed by atoms with Crippen LogP contribution in [0.2, 0.25) is 0 Å². The molecule has 1 N–H and O–H groups in total. The number of hydrogen-bond acceptors (Lipinski definition) is 1. The molecule has 1 atom stereocenters. The van der Waals surface area contributed by atoms with Gasteiger partial charge in [-0.3, -0.25) is 4.79 Å². The molecular weight excluding hydrogens is 162 g/mol. The van der Waals surface area contributed by atoms with E-state index in [0.29, 0.717) is 5.92 Å². The van der Waals surface area contributed by atoms with E-state index in [4.69, 9.17) is 0 Å². The second kappa shape index (κ2) is 5.05. The minimum absolute atomic E-state index is 0.0514. The zero-order valence-electron chi connectivity index (χ0n) is 8.38. The van der Waals surface area contributed by atoms with Crippen molar-refractivity contribution >= 4 is 5.91 Å². The van der Waals surface area contributed by atoms with Crippen LogP contribution >= 0.6 is 0 Å². The average molecular weight is 181 g/mol. The van der Waals surface area contributed by atoms with E-state index < -0.39 is 0 Å². The summed E-state index contributed by atoms with van der Waals surface area (Å²) in [5, 5.41) is 2.94. The van der Waals surface area contributed by atoms with Gasteiger partial charge >= 0.3 is 0 Å². The van der Waals surface area contributed by atoms with E-state index in [-0.39, 0.29) is 11.9 Å². The van der Waals surface area contributed by atoms with E-state index in [9.17, 15) is 4.79 Å². The summed E-state index contributed by atoms with van der Waals surface area (Å²) in [6, 6.07) is 0.192. The Morgan fingerprint density at radius 1 is 1.46 bits per heavy atom. The quantitative estimate of drug-likeness (QED) is 0.665. The summed E-state index contributed by atoms with van der Waals surface area (Å²) in [7, 11) is 0. The molecule has 2 nitrogen and oxygen atoms in total. The van der Waals surface area contributed by atoms with E-state index >= 15 is 0 Å². The maximum absolute atomic E-state index is 10.9. The minimum Gasteiger partial charge on any atom is -0.350 e. The van der Waals surface area contributed by atoms with Crippen molar-refractivity contribution in [2.24, 2.45) is 5.92 Å². The van der Waals surface area contributed by atoms with Gasteiger partial charge in [0.25, 0.3) is 0 Å². The van der Waals surface area contributed by atoms with Crippen LogP contribution in [0.1, 0.15) is 39.0 Å². The third kappa shape index (κ3) is 3.21. The Bertz CT molecular complexity index is 183. The van der Waals surface area contributed by atoms with Gasteiger partial charge in [-0.25, -0.2) is 0 Å². The van der Waals surface area contributed by atoms with E-state index in [2.05, 4.69) is 11.9 Å². The molecule has 1 rings (SSSR count). The van der Waals surface area contributed by atoms with E-state index in [0.717, 1.165) is 0 Å². The van der Waals surface area contributed by atoms with Crippen molar-refractivity contribution in [3.05, 3.63) is 12.7 Å². The smallest absolute Gasteiger partial charge is 0.217 e. The fourth-order valence-corrected chi connectivity index (χ4v) is 2.10. The zero-order valence-corrected chi connectivity index (χ0v) is 8.38. The Morgan fingerprint density at radius 2 is 2.08 bits per heavy atom. The first-order valence-corrected chi connectivity index (χ1v) is 5.13. The molecule has 1 unspecified atom stereocenters. The normalized spacial score (nSPS) is 20.7. The van der Waals surface area contributed by atoms with E-state index in [1.807, 2.05) is 6.08 Å². The molecule has 1 aliphatic rings. The molecule has 0 heterocycles. The average Bonchev–Trinajstić information content (AvgIpc) is 2.15. The van der Waals surface area contributed by atoms with Crippen LogP contribution in [-0.4, -0.2) is 11.9 Å². The molecule has 0 radical (unpaired) electrons. The molecule has 1 aliphatic carbocycles. The topological polar surface area (TPSA) is 29.1 Å². The number of nitrogens with one attached hydrogen (secondary N) is 1. The molecule has 13 heavy (non-hydrogen) atoms. The summed E-state index contributed by atoms with van der Waals surface area (Å²) in [5.41, 5.74) is 0. The van der Waals surface area contributed by atoms with Crippen LogP contribution in [0.25, 0.3) is 0 Å². The third-order valence-corrected chi connectivity index (χ3v) is 2.78. The number of carbonyl (C=O) groups excluding carboxylic acids is 1. The lowest BCUT2D eigenvalue weighted by Crippen LogP contribution is -2.38. The fourth-order valence-electron chi connectivity index (χ4n) is 2.10. The summed E-state index contributed by atoms with van der Waals surface area (Å²) in [5.74, 6) is 0.672. The second-order valence-electron chi connectivity index (χ2n) is 3.86. The van der Waals surface area contributed by atoms with Gasteiger partial charge in [0, 0.05) is 13.0 Å². The van der Waals surface area contributed by atoms with Gasteiger partial charge in [-0.2, -0.15) is 0 Å². The first-order valence-electron chi connectivity index (χ1n) is 5.13. The molecule has 1 amide bonds. The molecule has 1 saturated carbocycles. The highest BCUT2D eigenvalue weighted by Crippen LogP contribution is 2.26. The molecule has 0 aromatic heterocycles. The van der Waals surface area contributed by atoms with Gasteiger partial charge in [0.1, 0.15) is 0 Å². The fraction of sp³-hybridized carbons (Fsp3) is 0.727. The number of rotatable bonds is 3. The van der Waals surface area contributed by atoms with Crippen LogP contribution in [-0.2, 0) is 4.79 Å². The maximum atomic E-state index is 10.9. The summed E-state index contributed by atoms with van der Waals surface area (Å²) in [6.07, 6.45) is 8.29. The van der Waals surface area contributed by atoms with Crippen molar-refractivity contribution in [2.75, 3.05) is 0 Å². The molecule has 0 aliphatic heterocycles. The van der Waals surface area contributed by atoms with Crippen molar-refractivity contribution in [3.8, 4) is 0 Å². The standard InChI is InChI=1S/C11H19NO/c1-3-11(12-9(2)13)10-7-5-4-6-8-10/h3,10-11H,1,4-8H2,2H3,(H,12,13). The first kappa shape index (κ1) is 10.3. The first-order chi connectivity index (χ1) is 6.24. The largest absolute Gasteiger partial charge is 0.350 e. The van der Waals surface area contributed by atoms with Gasteiger partial charge in [-0.1, -0.05) is 25.3 Å². The summed E-state index contributed by atoms with van der Waals surface area (Å²) in [4.78, 5) is 10.9. The Morgan fingerprint density at radius 3 is 2.54 bits per heavy atom. The van der Waals surface area contributed by atoms with Crippen LogP contribution in [0.5, 0.6) is 0 Å². The van der Waals surface area contributed by atoms with E-state index in [1.54, 1.807) is 6.92 Å². The predicted molar refractivity (Wildman–Crippen MR) is 54.4 cm³/mol. The highest BCUT2D eigenvalue weighted by Gasteiger charge is 2.21. The predicted octanol–water partition coefficient (Wildman–Crippen LogP) is 2.26. The monoisotopic (exact) mass is 181 g/mol. The Balaban J connectivity index is 2.43. The Labute approximate surface area is 80.4 Å². The molecule has 0 aromatic carbocycles. The highest BCUT2D eigenvalue weighted by molar-refractivity contribution is 5.73.